The quantitative estimate of drug-likeness (QED) is 0.693. The summed E-state index contributed by atoms with van der Waals surface area (Å²) in [4.78, 5) is 32.2. The van der Waals surface area contributed by atoms with E-state index in [-0.39, 0.29) is 11.1 Å². The average molecular weight is 274 g/mol. The van der Waals surface area contributed by atoms with Crippen molar-refractivity contribution in [3.05, 3.63) is 42.5 Å². The number of rotatable bonds is 8. The molecular weight excluding hydrogens is 252 g/mol. The molecule has 0 bridgehead atoms. The molecule has 0 aromatic rings. The Kier molecular flexibility index (Phi) is 4.99. The van der Waals surface area contributed by atoms with Gasteiger partial charge in [0.25, 0.3) is 11.1 Å². The van der Waals surface area contributed by atoms with Crippen LogP contribution in [0.5, 0.6) is 0 Å². The summed E-state index contributed by atoms with van der Waals surface area (Å²) in [5.41, 5.74) is 0.815. The highest BCUT2D eigenvalue weighted by Crippen LogP contribution is 2.09. The van der Waals surface area contributed by atoms with Gasteiger partial charge < -0.3 is 0 Å². The van der Waals surface area contributed by atoms with Gasteiger partial charge in [-0.2, -0.15) is 0 Å². The van der Waals surface area contributed by atoms with Crippen molar-refractivity contribution in [1.29, 1.82) is 0 Å². The molecule has 0 aliphatic carbocycles. The predicted octanol–water partition coefficient (Wildman–Crippen LogP) is 2.26. The molecule has 2 aliphatic heterocycles. The first-order valence-electron chi connectivity index (χ1n) is 7.67. The van der Waals surface area contributed by atoms with Crippen molar-refractivity contribution < 1.29 is 0 Å². The molecule has 0 aromatic carbocycles. The van der Waals surface area contributed by atoms with E-state index in [1.165, 1.54) is 0 Å². The van der Waals surface area contributed by atoms with Gasteiger partial charge in [-0.15, -0.1) is 0 Å². The summed E-state index contributed by atoms with van der Waals surface area (Å²) in [5, 5.41) is 0.996. The molecule has 0 amide bonds. The van der Waals surface area contributed by atoms with E-state index >= 15 is 0 Å². The molecule has 0 atom stereocenters. The molecule has 0 aromatic heterocycles. The Hall–Kier alpha value is -1.58. The third kappa shape index (κ3) is 2.94. The molecular formula is C16H22N2O2. The zero-order valence-electron chi connectivity index (χ0n) is 12.4. The Labute approximate surface area is 118 Å². The maximum atomic E-state index is 12.0. The van der Waals surface area contributed by atoms with Gasteiger partial charge in [0.15, 0.2) is 0 Å². The molecule has 2 aliphatic rings. The first-order valence-corrected chi connectivity index (χ1v) is 7.67. The second-order valence-corrected chi connectivity index (χ2v) is 5.39. The van der Waals surface area contributed by atoms with Crippen molar-refractivity contribution in [3.63, 3.8) is 0 Å². The van der Waals surface area contributed by atoms with Crippen molar-refractivity contribution in [2.24, 2.45) is 0 Å². The summed E-state index contributed by atoms with van der Waals surface area (Å²) in [5.74, 6) is 0. The number of unbranched alkanes of at least 4 members (excludes halogenated alkanes) is 4. The van der Waals surface area contributed by atoms with Crippen LogP contribution in [-0.2, 0) is 12.8 Å². The van der Waals surface area contributed by atoms with Crippen molar-refractivity contribution in [2.75, 3.05) is 0 Å². The topological polar surface area (TPSA) is 59.9 Å². The summed E-state index contributed by atoms with van der Waals surface area (Å²) in [6.07, 6.45) is 7.77. The fourth-order valence-corrected chi connectivity index (χ4v) is 2.66. The van der Waals surface area contributed by atoms with Crippen molar-refractivity contribution in [1.82, 2.24) is 9.97 Å². The fraction of sp³-hybridized carbons (Fsp3) is 0.625. The molecule has 0 spiro atoms. The number of aromatic nitrogens is 2. The summed E-state index contributed by atoms with van der Waals surface area (Å²) in [6.45, 7) is 4.25. The Bertz CT molecular complexity index is 637. The summed E-state index contributed by atoms with van der Waals surface area (Å²) in [6, 6.07) is 0. The molecule has 0 unspecified atom stereocenters. The van der Waals surface area contributed by atoms with Crippen molar-refractivity contribution >= 4 is 0 Å². The van der Waals surface area contributed by atoms with E-state index in [0.717, 1.165) is 38.5 Å². The lowest BCUT2D eigenvalue weighted by molar-refractivity contribution is 0.704. The molecule has 4 nitrogen and oxygen atoms in total. The molecule has 0 saturated heterocycles. The fourth-order valence-electron chi connectivity index (χ4n) is 2.66. The maximum Gasteiger partial charge on any atom is 0.279 e. The van der Waals surface area contributed by atoms with Crippen LogP contribution >= 0.6 is 0 Å². The van der Waals surface area contributed by atoms with E-state index in [9.17, 15) is 9.59 Å². The van der Waals surface area contributed by atoms with Gasteiger partial charge in [0.05, 0.1) is 21.8 Å². The van der Waals surface area contributed by atoms with Crippen molar-refractivity contribution in [2.45, 2.75) is 65.2 Å². The Morgan fingerprint density at radius 2 is 1.10 bits per heavy atom. The van der Waals surface area contributed by atoms with Gasteiger partial charge >= 0.3 is 0 Å². The van der Waals surface area contributed by atoms with Crippen LogP contribution in [0.25, 0.3) is 0 Å². The van der Waals surface area contributed by atoms with Crippen LogP contribution in [0.3, 0.4) is 0 Å². The predicted molar refractivity (Wildman–Crippen MR) is 78.7 cm³/mol. The summed E-state index contributed by atoms with van der Waals surface area (Å²) in [7, 11) is 0. The van der Waals surface area contributed by atoms with E-state index in [4.69, 9.17) is 0 Å². The third-order valence-electron chi connectivity index (χ3n) is 3.76. The highest BCUT2D eigenvalue weighted by molar-refractivity contribution is 5.22. The van der Waals surface area contributed by atoms with E-state index in [1.54, 1.807) is 0 Å². The van der Waals surface area contributed by atoms with Gasteiger partial charge in [-0.25, -0.2) is 9.97 Å². The highest BCUT2D eigenvalue weighted by atomic mass is 16.1. The molecule has 0 fully saturated rings. The van der Waals surface area contributed by atoms with E-state index in [2.05, 4.69) is 23.8 Å². The second kappa shape index (κ2) is 6.73. The number of aryl methyl sites for hydroxylation is 2. The van der Waals surface area contributed by atoms with E-state index in [1.807, 2.05) is 0 Å². The number of hydrogen-bond acceptors (Lipinski definition) is 4. The lowest BCUT2D eigenvalue weighted by Crippen LogP contribution is -2.08. The Morgan fingerprint density at radius 3 is 1.45 bits per heavy atom. The van der Waals surface area contributed by atoms with Crippen LogP contribution in [-0.4, -0.2) is 9.97 Å². The molecule has 2 rings (SSSR count). The molecule has 0 radical (unpaired) electrons. The lowest BCUT2D eigenvalue weighted by Gasteiger charge is -1.94. The van der Waals surface area contributed by atoms with Gasteiger partial charge in [0, 0.05) is 0 Å². The van der Waals surface area contributed by atoms with Crippen LogP contribution in [0.2, 0.25) is 0 Å². The zero-order valence-corrected chi connectivity index (χ0v) is 12.4. The molecule has 0 saturated carbocycles. The monoisotopic (exact) mass is 274 g/mol. The molecule has 20 heavy (non-hydrogen) atoms. The minimum atomic E-state index is -0.257. The highest BCUT2D eigenvalue weighted by Gasteiger charge is 2.16. The largest absolute Gasteiger partial charge is 0.279 e. The van der Waals surface area contributed by atoms with Crippen LogP contribution < -0.4 is 11.1 Å². The van der Waals surface area contributed by atoms with E-state index < -0.39 is 0 Å². The van der Waals surface area contributed by atoms with Gasteiger partial charge in [-0.1, -0.05) is 39.5 Å². The maximum absolute atomic E-state index is 12.0. The minimum absolute atomic E-state index is 0.257. The normalized spacial score (nSPS) is 11.5. The van der Waals surface area contributed by atoms with Crippen LogP contribution in [0, 0.1) is 10.4 Å². The summed E-state index contributed by atoms with van der Waals surface area (Å²) < 4.78 is 0. The van der Waals surface area contributed by atoms with Crippen LogP contribution in [0.1, 0.15) is 63.8 Å². The second-order valence-electron chi connectivity index (χ2n) is 5.39. The first kappa shape index (κ1) is 14.8. The van der Waals surface area contributed by atoms with E-state index in [0.29, 0.717) is 34.7 Å². The number of hydrogen-bond donors (Lipinski definition) is 0. The number of nitrogens with zero attached hydrogens (tertiary/aromatic N) is 2. The van der Waals surface area contributed by atoms with Gasteiger partial charge in [-0.3, -0.25) is 9.59 Å². The Balaban J connectivity index is 2.33. The lowest BCUT2D eigenvalue weighted by atomic mass is 10.1. The van der Waals surface area contributed by atoms with Crippen molar-refractivity contribution in [3.8, 4) is 0 Å². The SMILES string of the molecule is CCCCCc1nc(=O)c2c(CCCCC)nc(=O)c1=2. The zero-order chi connectivity index (χ0) is 14.5. The molecule has 4 heteroatoms. The van der Waals surface area contributed by atoms with Crippen LogP contribution in [0.15, 0.2) is 9.59 Å². The molecule has 108 valence electrons. The van der Waals surface area contributed by atoms with Gasteiger partial charge in [-0.05, 0) is 25.7 Å². The van der Waals surface area contributed by atoms with Crippen LogP contribution in [0.4, 0.5) is 0 Å². The summed E-state index contributed by atoms with van der Waals surface area (Å²) >= 11 is 0. The third-order valence-corrected chi connectivity index (χ3v) is 3.76. The molecule has 0 N–H and O–H groups in total. The van der Waals surface area contributed by atoms with Gasteiger partial charge in [0.1, 0.15) is 0 Å². The standard InChI is InChI=1S/C16H22N2O2/c1-3-5-7-9-11-13-14(16(20)17-11)12(18-15(13)19)10-8-6-4-2/h3-10H2,1-2H3. The van der Waals surface area contributed by atoms with Gasteiger partial charge in [0.2, 0.25) is 0 Å². The smallest absolute Gasteiger partial charge is 0.267 e. The average Bonchev–Trinajstić information content (AvgIpc) is 2.91. The molecule has 2 heterocycles. The Morgan fingerprint density at radius 1 is 0.700 bits per heavy atom. The minimum Gasteiger partial charge on any atom is -0.267 e. The first-order chi connectivity index (χ1) is 9.69.